The lowest BCUT2D eigenvalue weighted by Gasteiger charge is -2.21. The van der Waals surface area contributed by atoms with E-state index in [9.17, 15) is 14.0 Å². The lowest BCUT2D eigenvalue weighted by molar-refractivity contribution is -0.128. The van der Waals surface area contributed by atoms with E-state index >= 15 is 0 Å². The van der Waals surface area contributed by atoms with Crippen LogP contribution in [-0.4, -0.2) is 47.8 Å². The molecule has 1 aromatic carbocycles. The number of carbonyl (C=O) groups excluding carboxylic acids is 2. The number of rotatable bonds is 1. The smallest absolute Gasteiger partial charge is 0.256 e. The fraction of sp³-hybridized carbons (Fsp3) is 0.429. The van der Waals surface area contributed by atoms with Crippen LogP contribution in [0.1, 0.15) is 23.7 Å². The van der Waals surface area contributed by atoms with Crippen molar-refractivity contribution >= 4 is 17.5 Å². The second-order valence-corrected chi connectivity index (χ2v) is 4.89. The van der Waals surface area contributed by atoms with E-state index in [-0.39, 0.29) is 17.4 Å². The van der Waals surface area contributed by atoms with Gasteiger partial charge in [0.15, 0.2) is 0 Å². The van der Waals surface area contributed by atoms with Gasteiger partial charge in [0, 0.05) is 38.8 Å². The molecule has 2 amide bonds. The molecule has 1 aliphatic rings. The lowest BCUT2D eigenvalue weighted by atomic mass is 10.1. The standard InChI is InChI=1S/C14H18FN3O2/c1-10(19)17-5-2-6-18(8-7-17)14(20)12-9-11(16)3-4-13(12)15/h3-4,9H,2,5-8,16H2,1H3. The third kappa shape index (κ3) is 3.07. The first-order valence-electron chi connectivity index (χ1n) is 6.59. The van der Waals surface area contributed by atoms with Crippen LogP contribution in [0.15, 0.2) is 18.2 Å². The maximum Gasteiger partial charge on any atom is 0.256 e. The van der Waals surface area contributed by atoms with Gasteiger partial charge < -0.3 is 15.5 Å². The molecular weight excluding hydrogens is 261 g/mol. The average molecular weight is 279 g/mol. The molecule has 0 aromatic heterocycles. The molecule has 2 N–H and O–H groups in total. The van der Waals surface area contributed by atoms with Gasteiger partial charge in [-0.1, -0.05) is 0 Å². The third-order valence-corrected chi connectivity index (χ3v) is 3.45. The van der Waals surface area contributed by atoms with E-state index < -0.39 is 5.82 Å². The van der Waals surface area contributed by atoms with Crippen LogP contribution in [-0.2, 0) is 4.79 Å². The van der Waals surface area contributed by atoms with Crippen LogP contribution in [0, 0.1) is 5.82 Å². The molecule has 108 valence electrons. The summed E-state index contributed by atoms with van der Waals surface area (Å²) in [5.74, 6) is -0.952. The minimum absolute atomic E-state index is 0.00515. The van der Waals surface area contributed by atoms with Crippen molar-refractivity contribution in [3.05, 3.63) is 29.6 Å². The SMILES string of the molecule is CC(=O)N1CCCN(C(=O)c2cc(N)ccc2F)CC1. The Balaban J connectivity index is 2.13. The summed E-state index contributed by atoms with van der Waals surface area (Å²) in [4.78, 5) is 26.9. The van der Waals surface area contributed by atoms with Crippen molar-refractivity contribution in [2.45, 2.75) is 13.3 Å². The second-order valence-electron chi connectivity index (χ2n) is 4.89. The molecule has 0 saturated carbocycles. The first-order valence-corrected chi connectivity index (χ1v) is 6.59. The first-order chi connectivity index (χ1) is 9.49. The van der Waals surface area contributed by atoms with E-state index in [0.29, 0.717) is 38.3 Å². The van der Waals surface area contributed by atoms with Crippen molar-refractivity contribution in [3.63, 3.8) is 0 Å². The topological polar surface area (TPSA) is 66.6 Å². The Morgan fingerprint density at radius 2 is 1.80 bits per heavy atom. The fourth-order valence-corrected chi connectivity index (χ4v) is 2.31. The molecule has 2 rings (SSSR count). The summed E-state index contributed by atoms with van der Waals surface area (Å²) in [6.07, 6.45) is 0.690. The van der Waals surface area contributed by atoms with Crippen molar-refractivity contribution in [2.75, 3.05) is 31.9 Å². The largest absolute Gasteiger partial charge is 0.399 e. The Morgan fingerprint density at radius 1 is 1.15 bits per heavy atom. The van der Waals surface area contributed by atoms with Gasteiger partial charge in [-0.05, 0) is 24.6 Å². The van der Waals surface area contributed by atoms with Gasteiger partial charge in [0.25, 0.3) is 5.91 Å². The summed E-state index contributed by atoms with van der Waals surface area (Å²) >= 11 is 0. The summed E-state index contributed by atoms with van der Waals surface area (Å²) in [6.45, 7) is 3.53. The Labute approximate surface area is 117 Å². The zero-order chi connectivity index (χ0) is 14.7. The van der Waals surface area contributed by atoms with E-state index in [2.05, 4.69) is 0 Å². The van der Waals surface area contributed by atoms with Crippen LogP contribution < -0.4 is 5.73 Å². The van der Waals surface area contributed by atoms with E-state index in [4.69, 9.17) is 5.73 Å². The zero-order valence-corrected chi connectivity index (χ0v) is 11.4. The van der Waals surface area contributed by atoms with Crippen LogP contribution in [0.25, 0.3) is 0 Å². The summed E-state index contributed by atoms with van der Waals surface area (Å²) in [5.41, 5.74) is 5.94. The van der Waals surface area contributed by atoms with Crippen molar-refractivity contribution < 1.29 is 14.0 Å². The van der Waals surface area contributed by atoms with E-state index in [1.165, 1.54) is 25.1 Å². The summed E-state index contributed by atoms with van der Waals surface area (Å²) in [7, 11) is 0. The number of nitrogens with two attached hydrogens (primary N) is 1. The van der Waals surface area contributed by atoms with Gasteiger partial charge in [0.2, 0.25) is 5.91 Å². The Morgan fingerprint density at radius 3 is 2.50 bits per heavy atom. The monoisotopic (exact) mass is 279 g/mol. The van der Waals surface area contributed by atoms with Gasteiger partial charge in [0.1, 0.15) is 5.82 Å². The van der Waals surface area contributed by atoms with Crippen molar-refractivity contribution in [2.24, 2.45) is 0 Å². The van der Waals surface area contributed by atoms with Gasteiger partial charge in [-0.25, -0.2) is 4.39 Å². The molecule has 1 aliphatic heterocycles. The third-order valence-electron chi connectivity index (χ3n) is 3.45. The maximum atomic E-state index is 13.7. The highest BCUT2D eigenvalue weighted by atomic mass is 19.1. The fourth-order valence-electron chi connectivity index (χ4n) is 2.31. The normalized spacial score (nSPS) is 15.9. The molecule has 5 nitrogen and oxygen atoms in total. The molecule has 0 aliphatic carbocycles. The van der Waals surface area contributed by atoms with Gasteiger partial charge in [0.05, 0.1) is 5.56 Å². The zero-order valence-electron chi connectivity index (χ0n) is 11.4. The van der Waals surface area contributed by atoms with E-state index in [0.717, 1.165) is 0 Å². The van der Waals surface area contributed by atoms with Gasteiger partial charge >= 0.3 is 0 Å². The molecule has 1 fully saturated rings. The van der Waals surface area contributed by atoms with E-state index in [1.807, 2.05) is 0 Å². The van der Waals surface area contributed by atoms with Crippen molar-refractivity contribution in [3.8, 4) is 0 Å². The van der Waals surface area contributed by atoms with Crippen molar-refractivity contribution in [1.82, 2.24) is 9.80 Å². The van der Waals surface area contributed by atoms with Crippen LogP contribution in [0.5, 0.6) is 0 Å². The molecule has 1 saturated heterocycles. The van der Waals surface area contributed by atoms with Crippen molar-refractivity contribution in [1.29, 1.82) is 0 Å². The molecule has 0 bridgehead atoms. The number of hydrogen-bond donors (Lipinski definition) is 1. The van der Waals surface area contributed by atoms with Gasteiger partial charge in [-0.2, -0.15) is 0 Å². The highest BCUT2D eigenvalue weighted by molar-refractivity contribution is 5.95. The summed E-state index contributed by atoms with van der Waals surface area (Å²) in [5, 5.41) is 0. The average Bonchev–Trinajstić information content (AvgIpc) is 2.66. The summed E-state index contributed by atoms with van der Waals surface area (Å²) in [6, 6.07) is 3.97. The molecule has 6 heteroatoms. The Hall–Kier alpha value is -2.11. The first kappa shape index (κ1) is 14.3. The number of nitrogen functional groups attached to an aromatic ring is 1. The molecule has 0 radical (unpaired) electrons. The number of benzene rings is 1. The van der Waals surface area contributed by atoms with Crippen LogP contribution in [0.3, 0.4) is 0 Å². The minimum atomic E-state index is -0.572. The van der Waals surface area contributed by atoms with Gasteiger partial charge in [-0.3, -0.25) is 9.59 Å². The number of anilines is 1. The molecule has 0 spiro atoms. The highest BCUT2D eigenvalue weighted by Gasteiger charge is 2.23. The Bertz CT molecular complexity index is 533. The number of nitrogens with zero attached hydrogens (tertiary/aromatic N) is 2. The quantitative estimate of drug-likeness (QED) is 0.783. The highest BCUT2D eigenvalue weighted by Crippen LogP contribution is 2.16. The molecule has 0 atom stereocenters. The molecular formula is C14H18FN3O2. The summed E-state index contributed by atoms with van der Waals surface area (Å²) < 4.78 is 13.7. The maximum absolute atomic E-state index is 13.7. The molecule has 1 aromatic rings. The predicted molar refractivity (Wildman–Crippen MR) is 73.6 cm³/mol. The minimum Gasteiger partial charge on any atom is -0.399 e. The van der Waals surface area contributed by atoms with Crippen LogP contribution in [0.2, 0.25) is 0 Å². The lowest BCUT2D eigenvalue weighted by Crippen LogP contribution is -2.36. The van der Waals surface area contributed by atoms with Gasteiger partial charge in [-0.15, -0.1) is 0 Å². The van der Waals surface area contributed by atoms with E-state index in [1.54, 1.807) is 9.80 Å². The predicted octanol–water partition coefficient (Wildman–Crippen LogP) is 1.10. The molecule has 0 unspecified atom stereocenters. The number of hydrogen-bond acceptors (Lipinski definition) is 3. The Kier molecular flexibility index (Phi) is 4.22. The molecule has 20 heavy (non-hydrogen) atoms. The number of halogens is 1. The second kappa shape index (κ2) is 5.90. The van der Waals surface area contributed by atoms with Crippen LogP contribution >= 0.6 is 0 Å². The molecule has 1 heterocycles. The number of carbonyl (C=O) groups is 2. The van der Waals surface area contributed by atoms with Crippen LogP contribution in [0.4, 0.5) is 10.1 Å². The number of amides is 2.